The lowest BCUT2D eigenvalue weighted by molar-refractivity contribution is -0.0110. The predicted molar refractivity (Wildman–Crippen MR) is 72.7 cm³/mol. The summed E-state index contributed by atoms with van der Waals surface area (Å²) in [5.74, 6) is 0.899. The molecule has 1 aliphatic rings. The highest BCUT2D eigenvalue weighted by molar-refractivity contribution is 5.29. The zero-order chi connectivity index (χ0) is 12.8. The molecule has 0 aliphatic carbocycles. The zero-order valence-corrected chi connectivity index (χ0v) is 11.1. The van der Waals surface area contributed by atoms with Crippen LogP contribution in [0.15, 0.2) is 24.3 Å². The maximum absolute atomic E-state index is 5.97. The summed E-state index contributed by atoms with van der Waals surface area (Å²) in [6.45, 7) is 3.62. The molecule has 2 unspecified atom stereocenters. The second-order valence-corrected chi connectivity index (χ2v) is 4.88. The molecule has 1 aromatic rings. The van der Waals surface area contributed by atoms with Gasteiger partial charge < -0.3 is 15.2 Å². The van der Waals surface area contributed by atoms with E-state index in [1.54, 1.807) is 0 Å². The van der Waals surface area contributed by atoms with E-state index in [1.165, 1.54) is 18.4 Å². The summed E-state index contributed by atoms with van der Waals surface area (Å²) >= 11 is 0. The largest absolute Gasteiger partial charge is 0.491 e. The second kappa shape index (κ2) is 6.76. The highest BCUT2D eigenvalue weighted by Gasteiger charge is 2.14. The maximum atomic E-state index is 5.97. The minimum atomic E-state index is 0.126. The molecule has 0 radical (unpaired) electrons. The van der Waals surface area contributed by atoms with Crippen molar-refractivity contribution in [3.05, 3.63) is 29.8 Å². The average molecular weight is 249 g/mol. The monoisotopic (exact) mass is 249 g/mol. The Hall–Kier alpha value is -1.06. The van der Waals surface area contributed by atoms with E-state index in [9.17, 15) is 0 Å². The molecule has 1 aliphatic heterocycles. The summed E-state index contributed by atoms with van der Waals surface area (Å²) < 4.78 is 11.4. The fourth-order valence-electron chi connectivity index (χ4n) is 2.17. The number of rotatable bonds is 5. The molecule has 2 atom stereocenters. The lowest BCUT2D eigenvalue weighted by Gasteiger charge is -2.22. The van der Waals surface area contributed by atoms with Gasteiger partial charge >= 0.3 is 0 Å². The molecule has 0 amide bonds. The lowest BCUT2D eigenvalue weighted by Crippen LogP contribution is -2.25. The summed E-state index contributed by atoms with van der Waals surface area (Å²) in [5, 5.41) is 0. The average Bonchev–Trinajstić information content (AvgIpc) is 2.46. The van der Waals surface area contributed by atoms with Crippen molar-refractivity contribution in [3.8, 4) is 5.75 Å². The first-order valence-electron chi connectivity index (χ1n) is 6.89. The highest BCUT2D eigenvalue weighted by Crippen LogP contribution is 2.19. The van der Waals surface area contributed by atoms with Gasteiger partial charge in [0.2, 0.25) is 0 Å². The lowest BCUT2D eigenvalue weighted by atomic mass is 10.1. The van der Waals surface area contributed by atoms with Gasteiger partial charge in [0, 0.05) is 12.6 Å². The Morgan fingerprint density at radius 2 is 2.11 bits per heavy atom. The van der Waals surface area contributed by atoms with E-state index in [1.807, 2.05) is 24.3 Å². The Bertz CT molecular complexity index is 344. The van der Waals surface area contributed by atoms with Gasteiger partial charge in [-0.1, -0.05) is 19.1 Å². The molecule has 18 heavy (non-hydrogen) atoms. The van der Waals surface area contributed by atoms with Crippen LogP contribution in [0.4, 0.5) is 0 Å². The van der Waals surface area contributed by atoms with Gasteiger partial charge in [-0.25, -0.2) is 0 Å². The molecular formula is C15H23NO2. The summed E-state index contributed by atoms with van der Waals surface area (Å²) in [7, 11) is 0. The van der Waals surface area contributed by atoms with Crippen LogP contribution in [-0.2, 0) is 4.74 Å². The number of hydrogen-bond acceptors (Lipinski definition) is 3. The van der Waals surface area contributed by atoms with E-state index in [2.05, 4.69) is 6.92 Å². The van der Waals surface area contributed by atoms with Gasteiger partial charge in [0.05, 0.1) is 6.10 Å². The smallest absolute Gasteiger partial charge is 0.119 e. The Morgan fingerprint density at radius 3 is 2.72 bits per heavy atom. The van der Waals surface area contributed by atoms with E-state index in [-0.39, 0.29) is 12.1 Å². The van der Waals surface area contributed by atoms with Crippen molar-refractivity contribution in [2.75, 3.05) is 13.2 Å². The summed E-state index contributed by atoms with van der Waals surface area (Å²) in [5.41, 5.74) is 7.14. The fourth-order valence-corrected chi connectivity index (χ4v) is 2.17. The molecule has 0 aromatic heterocycles. The number of hydrogen-bond donors (Lipinski definition) is 1. The van der Waals surface area contributed by atoms with Crippen LogP contribution in [0.5, 0.6) is 5.75 Å². The standard InChI is InChI=1S/C15H23NO2/c1-2-15(16)12-6-8-13(9-7-12)18-11-14-5-3-4-10-17-14/h6-9,14-15H,2-5,10-11,16H2,1H3. The molecule has 1 heterocycles. The van der Waals surface area contributed by atoms with Crippen LogP contribution in [-0.4, -0.2) is 19.3 Å². The Morgan fingerprint density at radius 1 is 1.33 bits per heavy atom. The summed E-state index contributed by atoms with van der Waals surface area (Å²) in [4.78, 5) is 0. The number of ether oxygens (including phenoxy) is 2. The normalized spacial score (nSPS) is 21.6. The Kier molecular flexibility index (Phi) is 5.02. The molecule has 2 N–H and O–H groups in total. The third-order valence-corrected chi connectivity index (χ3v) is 3.46. The van der Waals surface area contributed by atoms with Gasteiger partial charge in [-0.15, -0.1) is 0 Å². The van der Waals surface area contributed by atoms with Crippen molar-refractivity contribution in [2.45, 2.75) is 44.8 Å². The third-order valence-electron chi connectivity index (χ3n) is 3.46. The summed E-state index contributed by atoms with van der Waals surface area (Å²) in [6.07, 6.45) is 4.75. The van der Waals surface area contributed by atoms with E-state index < -0.39 is 0 Å². The molecule has 0 bridgehead atoms. The van der Waals surface area contributed by atoms with Crippen LogP contribution in [0.2, 0.25) is 0 Å². The van der Waals surface area contributed by atoms with E-state index in [0.717, 1.165) is 25.2 Å². The fraction of sp³-hybridized carbons (Fsp3) is 0.600. The molecule has 2 rings (SSSR count). The molecule has 0 spiro atoms. The first-order chi connectivity index (χ1) is 8.79. The van der Waals surface area contributed by atoms with E-state index in [0.29, 0.717) is 6.61 Å². The first-order valence-corrected chi connectivity index (χ1v) is 6.89. The number of nitrogens with two attached hydrogens (primary N) is 1. The van der Waals surface area contributed by atoms with Crippen molar-refractivity contribution < 1.29 is 9.47 Å². The topological polar surface area (TPSA) is 44.5 Å². The van der Waals surface area contributed by atoms with Gasteiger partial charge in [0.1, 0.15) is 12.4 Å². The zero-order valence-electron chi connectivity index (χ0n) is 11.1. The van der Waals surface area contributed by atoms with Crippen LogP contribution in [0.25, 0.3) is 0 Å². The maximum Gasteiger partial charge on any atom is 0.119 e. The molecule has 0 saturated carbocycles. The van der Waals surface area contributed by atoms with Gasteiger partial charge in [0.25, 0.3) is 0 Å². The molecule has 1 aromatic carbocycles. The van der Waals surface area contributed by atoms with Crippen molar-refractivity contribution in [3.63, 3.8) is 0 Å². The van der Waals surface area contributed by atoms with Crippen LogP contribution in [0.3, 0.4) is 0 Å². The van der Waals surface area contributed by atoms with Gasteiger partial charge in [0.15, 0.2) is 0 Å². The predicted octanol–water partition coefficient (Wildman–Crippen LogP) is 3.04. The molecule has 3 heteroatoms. The van der Waals surface area contributed by atoms with Crippen LogP contribution in [0, 0.1) is 0 Å². The van der Waals surface area contributed by atoms with Gasteiger partial charge in [-0.05, 0) is 43.4 Å². The SMILES string of the molecule is CCC(N)c1ccc(OCC2CCCCO2)cc1. The van der Waals surface area contributed by atoms with Crippen LogP contribution in [0.1, 0.15) is 44.2 Å². The number of benzene rings is 1. The van der Waals surface area contributed by atoms with Crippen molar-refractivity contribution in [1.82, 2.24) is 0 Å². The molecule has 3 nitrogen and oxygen atoms in total. The van der Waals surface area contributed by atoms with Gasteiger partial charge in [-0.2, -0.15) is 0 Å². The Balaban J connectivity index is 1.82. The van der Waals surface area contributed by atoms with Crippen LogP contribution < -0.4 is 10.5 Å². The second-order valence-electron chi connectivity index (χ2n) is 4.88. The highest BCUT2D eigenvalue weighted by atomic mass is 16.5. The van der Waals surface area contributed by atoms with Crippen molar-refractivity contribution in [2.24, 2.45) is 5.73 Å². The first kappa shape index (κ1) is 13.4. The van der Waals surface area contributed by atoms with E-state index >= 15 is 0 Å². The molecule has 100 valence electrons. The van der Waals surface area contributed by atoms with Crippen LogP contribution >= 0.6 is 0 Å². The molecular weight excluding hydrogens is 226 g/mol. The van der Waals surface area contributed by atoms with E-state index in [4.69, 9.17) is 15.2 Å². The Labute approximate surface area is 109 Å². The van der Waals surface area contributed by atoms with Crippen molar-refractivity contribution in [1.29, 1.82) is 0 Å². The quantitative estimate of drug-likeness (QED) is 0.872. The molecule has 1 saturated heterocycles. The minimum Gasteiger partial charge on any atom is -0.491 e. The molecule has 1 fully saturated rings. The van der Waals surface area contributed by atoms with Crippen molar-refractivity contribution >= 4 is 0 Å². The summed E-state index contributed by atoms with van der Waals surface area (Å²) in [6, 6.07) is 8.21. The third kappa shape index (κ3) is 3.72. The minimum absolute atomic E-state index is 0.126. The van der Waals surface area contributed by atoms with Gasteiger partial charge in [-0.3, -0.25) is 0 Å².